The fourth-order valence-corrected chi connectivity index (χ4v) is 4.12. The van der Waals surface area contributed by atoms with Crippen molar-refractivity contribution in [3.63, 3.8) is 0 Å². The first kappa shape index (κ1) is 15.4. The highest BCUT2D eigenvalue weighted by atomic mass is 16.5. The van der Waals surface area contributed by atoms with E-state index in [4.69, 9.17) is 9.84 Å². The van der Waals surface area contributed by atoms with Gasteiger partial charge in [-0.1, -0.05) is 19.3 Å². The summed E-state index contributed by atoms with van der Waals surface area (Å²) < 4.78 is 7.45. The maximum atomic E-state index is 12.6. The van der Waals surface area contributed by atoms with Gasteiger partial charge >= 0.3 is 0 Å². The number of benzene rings is 1. The number of rotatable bonds is 3. The van der Waals surface area contributed by atoms with Gasteiger partial charge in [-0.25, -0.2) is 0 Å². The van der Waals surface area contributed by atoms with Crippen molar-refractivity contribution in [3.8, 4) is 17.0 Å². The van der Waals surface area contributed by atoms with Crippen molar-refractivity contribution in [3.05, 3.63) is 35.5 Å². The summed E-state index contributed by atoms with van der Waals surface area (Å²) in [6.45, 7) is 0. The van der Waals surface area contributed by atoms with E-state index in [9.17, 15) is 4.79 Å². The minimum absolute atomic E-state index is 0.254. The van der Waals surface area contributed by atoms with Crippen LogP contribution in [0.5, 0.6) is 5.75 Å². The number of Topliss-reactive ketones (excluding diaryl/α,β-unsaturated/α-hetero) is 1. The number of nitrogens with zero attached hydrogens (tertiary/aromatic N) is 2. The van der Waals surface area contributed by atoms with Gasteiger partial charge in [0.15, 0.2) is 5.78 Å². The van der Waals surface area contributed by atoms with Crippen LogP contribution in [-0.4, -0.2) is 22.7 Å². The summed E-state index contributed by atoms with van der Waals surface area (Å²) in [6.07, 6.45) is 8.80. The van der Waals surface area contributed by atoms with Crippen LogP contribution in [-0.2, 0) is 6.42 Å². The molecule has 1 aromatic heterocycles. The Morgan fingerprint density at radius 3 is 2.50 bits per heavy atom. The number of carbonyl (C=O) groups is 1. The van der Waals surface area contributed by atoms with Crippen molar-refractivity contribution in [1.82, 2.24) is 9.78 Å². The predicted molar refractivity (Wildman–Crippen MR) is 93.6 cm³/mol. The SMILES string of the molecule is COc1ccc(-c2nn(C3CCCCC3)c3c2C(=O)CCC3)cc1. The summed E-state index contributed by atoms with van der Waals surface area (Å²) in [6, 6.07) is 8.36. The van der Waals surface area contributed by atoms with Crippen molar-refractivity contribution < 1.29 is 9.53 Å². The van der Waals surface area contributed by atoms with Crippen LogP contribution in [0.25, 0.3) is 11.3 Å². The van der Waals surface area contributed by atoms with Gasteiger partial charge in [0, 0.05) is 12.0 Å². The number of aromatic nitrogens is 2. The molecule has 2 aliphatic rings. The molecule has 0 N–H and O–H groups in total. The van der Waals surface area contributed by atoms with E-state index >= 15 is 0 Å². The van der Waals surface area contributed by atoms with E-state index in [2.05, 4.69) is 4.68 Å². The molecule has 0 atom stereocenters. The molecule has 4 heteroatoms. The lowest BCUT2D eigenvalue weighted by molar-refractivity contribution is 0.0972. The third-order valence-electron chi connectivity index (χ3n) is 5.39. The van der Waals surface area contributed by atoms with Gasteiger partial charge in [-0.05, 0) is 49.9 Å². The van der Waals surface area contributed by atoms with Gasteiger partial charge in [-0.3, -0.25) is 9.48 Å². The van der Waals surface area contributed by atoms with Crippen LogP contribution in [0.3, 0.4) is 0 Å². The van der Waals surface area contributed by atoms with Crippen LogP contribution in [0.15, 0.2) is 24.3 Å². The molecule has 0 unspecified atom stereocenters. The molecule has 4 nitrogen and oxygen atoms in total. The number of fused-ring (bicyclic) bond motifs is 1. The van der Waals surface area contributed by atoms with Crippen LogP contribution < -0.4 is 4.74 Å². The average Bonchev–Trinajstić information content (AvgIpc) is 3.04. The summed E-state index contributed by atoms with van der Waals surface area (Å²) in [5, 5.41) is 4.95. The molecule has 0 amide bonds. The zero-order valence-corrected chi connectivity index (χ0v) is 14.3. The number of methoxy groups -OCH3 is 1. The highest BCUT2D eigenvalue weighted by molar-refractivity contribution is 6.03. The van der Waals surface area contributed by atoms with Gasteiger partial charge < -0.3 is 4.74 Å². The van der Waals surface area contributed by atoms with Gasteiger partial charge in [-0.2, -0.15) is 5.10 Å². The maximum absolute atomic E-state index is 12.6. The quantitative estimate of drug-likeness (QED) is 0.830. The highest BCUT2D eigenvalue weighted by Gasteiger charge is 2.30. The van der Waals surface area contributed by atoms with Crippen molar-refractivity contribution in [2.75, 3.05) is 7.11 Å². The number of hydrogen-bond donors (Lipinski definition) is 0. The number of ether oxygens (including phenoxy) is 1. The van der Waals surface area contributed by atoms with Crippen LogP contribution in [0.2, 0.25) is 0 Å². The molecule has 0 aliphatic heterocycles. The smallest absolute Gasteiger partial charge is 0.166 e. The largest absolute Gasteiger partial charge is 0.497 e. The fourth-order valence-electron chi connectivity index (χ4n) is 4.12. The molecule has 24 heavy (non-hydrogen) atoms. The van der Waals surface area contributed by atoms with Crippen LogP contribution in [0.1, 0.15) is 67.0 Å². The Kier molecular flexibility index (Phi) is 4.13. The third kappa shape index (κ3) is 2.64. The van der Waals surface area contributed by atoms with Gasteiger partial charge in [0.25, 0.3) is 0 Å². The Hall–Kier alpha value is -2.10. The lowest BCUT2D eigenvalue weighted by Gasteiger charge is -2.25. The molecule has 1 heterocycles. The lowest BCUT2D eigenvalue weighted by atomic mass is 9.91. The minimum atomic E-state index is 0.254. The number of ketones is 1. The van der Waals surface area contributed by atoms with Crippen molar-refractivity contribution in [2.24, 2.45) is 0 Å². The Bertz CT molecular complexity index is 740. The van der Waals surface area contributed by atoms with E-state index in [1.807, 2.05) is 24.3 Å². The second-order valence-electron chi connectivity index (χ2n) is 6.91. The van der Waals surface area contributed by atoms with E-state index < -0.39 is 0 Å². The molecular weight excluding hydrogens is 300 g/mol. The Balaban J connectivity index is 1.80. The van der Waals surface area contributed by atoms with E-state index in [0.29, 0.717) is 12.5 Å². The Morgan fingerprint density at radius 2 is 1.79 bits per heavy atom. The average molecular weight is 324 g/mol. The van der Waals surface area contributed by atoms with E-state index in [1.165, 1.54) is 37.8 Å². The molecule has 1 fully saturated rings. The Labute approximate surface area is 142 Å². The first-order valence-corrected chi connectivity index (χ1v) is 9.07. The first-order chi connectivity index (χ1) is 11.8. The normalized spacial score (nSPS) is 18.5. The maximum Gasteiger partial charge on any atom is 0.166 e. The second-order valence-corrected chi connectivity index (χ2v) is 6.91. The van der Waals surface area contributed by atoms with Crippen LogP contribution in [0.4, 0.5) is 0 Å². The molecule has 1 aromatic carbocycles. The van der Waals surface area contributed by atoms with Crippen LogP contribution >= 0.6 is 0 Å². The zero-order valence-electron chi connectivity index (χ0n) is 14.3. The molecule has 4 rings (SSSR count). The molecule has 0 radical (unpaired) electrons. The van der Waals surface area contributed by atoms with Gasteiger partial charge in [0.2, 0.25) is 0 Å². The number of carbonyl (C=O) groups excluding carboxylic acids is 1. The molecule has 0 bridgehead atoms. The summed E-state index contributed by atoms with van der Waals surface area (Å²) in [7, 11) is 1.66. The molecule has 2 aromatic rings. The molecule has 2 aliphatic carbocycles. The monoisotopic (exact) mass is 324 g/mol. The summed E-state index contributed by atoms with van der Waals surface area (Å²) in [5.74, 6) is 1.08. The third-order valence-corrected chi connectivity index (χ3v) is 5.39. The predicted octanol–water partition coefficient (Wildman–Crippen LogP) is 4.58. The first-order valence-electron chi connectivity index (χ1n) is 9.07. The summed E-state index contributed by atoms with van der Waals surface area (Å²) in [5.41, 5.74) is 3.92. The van der Waals surface area contributed by atoms with Gasteiger partial charge in [0.05, 0.1) is 24.4 Å². The zero-order chi connectivity index (χ0) is 16.5. The van der Waals surface area contributed by atoms with Crippen LogP contribution in [0, 0.1) is 0 Å². The molecular formula is C20H24N2O2. The highest BCUT2D eigenvalue weighted by Crippen LogP contribution is 2.37. The van der Waals surface area contributed by atoms with Gasteiger partial charge in [0.1, 0.15) is 11.4 Å². The van der Waals surface area contributed by atoms with E-state index in [1.54, 1.807) is 7.11 Å². The molecule has 1 saturated carbocycles. The lowest BCUT2D eigenvalue weighted by Crippen LogP contribution is -2.19. The minimum Gasteiger partial charge on any atom is -0.497 e. The topological polar surface area (TPSA) is 44.1 Å². The van der Waals surface area contributed by atoms with Gasteiger partial charge in [-0.15, -0.1) is 0 Å². The standard InChI is InChI=1S/C20H24N2O2/c1-24-16-12-10-14(11-13-16)20-19-17(8-5-9-18(19)23)22(21-20)15-6-3-2-4-7-15/h10-13,15H,2-9H2,1H3. The van der Waals surface area contributed by atoms with Crippen molar-refractivity contribution in [2.45, 2.75) is 57.4 Å². The molecule has 0 saturated heterocycles. The number of hydrogen-bond acceptors (Lipinski definition) is 3. The van der Waals surface area contributed by atoms with E-state index in [-0.39, 0.29) is 5.78 Å². The Morgan fingerprint density at radius 1 is 1.04 bits per heavy atom. The summed E-state index contributed by atoms with van der Waals surface area (Å²) in [4.78, 5) is 12.6. The van der Waals surface area contributed by atoms with Crippen molar-refractivity contribution >= 4 is 5.78 Å². The molecule has 126 valence electrons. The van der Waals surface area contributed by atoms with E-state index in [0.717, 1.165) is 35.4 Å². The second kappa shape index (κ2) is 6.42. The summed E-state index contributed by atoms with van der Waals surface area (Å²) >= 11 is 0. The van der Waals surface area contributed by atoms with Crippen molar-refractivity contribution in [1.29, 1.82) is 0 Å². The fraction of sp³-hybridized carbons (Fsp3) is 0.500. The molecule has 0 spiro atoms.